The molecule has 3 rings (SSSR count). The number of rotatable bonds is 6. The first kappa shape index (κ1) is 27.5. The molecule has 8 heteroatoms. The van der Waals surface area contributed by atoms with E-state index in [4.69, 9.17) is 14.2 Å². The molecule has 196 valence electrons. The van der Waals surface area contributed by atoms with Crippen LogP contribution in [0, 0.1) is 5.92 Å². The number of nitrogens with one attached hydrogen (secondary N) is 1. The van der Waals surface area contributed by atoms with Crippen molar-refractivity contribution in [2.24, 2.45) is 5.92 Å². The van der Waals surface area contributed by atoms with Crippen LogP contribution >= 0.6 is 0 Å². The van der Waals surface area contributed by atoms with Gasteiger partial charge in [-0.3, -0.25) is 14.5 Å². The fourth-order valence-corrected chi connectivity index (χ4v) is 4.49. The predicted octanol–water partition coefficient (Wildman–Crippen LogP) is 4.16. The minimum absolute atomic E-state index is 0.0873. The van der Waals surface area contributed by atoms with Crippen molar-refractivity contribution >= 4 is 17.5 Å². The lowest BCUT2D eigenvalue weighted by molar-refractivity contribution is 0.0108. The van der Waals surface area contributed by atoms with E-state index in [0.29, 0.717) is 41.5 Å². The van der Waals surface area contributed by atoms with E-state index in [-0.39, 0.29) is 29.9 Å². The zero-order chi connectivity index (χ0) is 26.2. The van der Waals surface area contributed by atoms with Crippen molar-refractivity contribution in [3.05, 3.63) is 53.6 Å². The molecule has 8 nitrogen and oxygen atoms in total. The van der Waals surface area contributed by atoms with Gasteiger partial charge in [0.05, 0.1) is 18.8 Å². The van der Waals surface area contributed by atoms with Crippen LogP contribution in [0.5, 0.6) is 11.5 Å². The van der Waals surface area contributed by atoms with Crippen molar-refractivity contribution in [1.29, 1.82) is 0 Å². The van der Waals surface area contributed by atoms with Gasteiger partial charge in [0, 0.05) is 50.6 Å². The van der Waals surface area contributed by atoms with Gasteiger partial charge in [-0.2, -0.15) is 0 Å². The molecule has 1 aliphatic rings. The smallest absolute Gasteiger partial charge is 0.257 e. The van der Waals surface area contributed by atoms with E-state index in [1.807, 2.05) is 0 Å². The maximum Gasteiger partial charge on any atom is 0.257 e. The van der Waals surface area contributed by atoms with E-state index < -0.39 is 0 Å². The van der Waals surface area contributed by atoms with Gasteiger partial charge >= 0.3 is 0 Å². The van der Waals surface area contributed by atoms with E-state index in [0.717, 1.165) is 19.5 Å². The summed E-state index contributed by atoms with van der Waals surface area (Å²) in [7, 11) is 5.04. The number of carbonyl (C=O) groups excluding carboxylic acids is 2. The fourth-order valence-electron chi connectivity index (χ4n) is 4.49. The molecule has 1 N–H and O–H groups in total. The number of hydrogen-bond donors (Lipinski definition) is 1. The maximum absolute atomic E-state index is 13.4. The topological polar surface area (TPSA) is 80.3 Å². The summed E-state index contributed by atoms with van der Waals surface area (Å²) < 4.78 is 17.2. The Kier molecular flexibility index (Phi) is 9.73. The van der Waals surface area contributed by atoms with Crippen LogP contribution in [0.25, 0.3) is 0 Å². The van der Waals surface area contributed by atoms with Crippen molar-refractivity contribution < 1.29 is 23.8 Å². The van der Waals surface area contributed by atoms with Crippen LogP contribution in [0.3, 0.4) is 0 Å². The Hall–Kier alpha value is -3.10. The summed E-state index contributed by atoms with van der Waals surface area (Å²) in [6.07, 6.45) is 0.945. The van der Waals surface area contributed by atoms with E-state index in [1.165, 1.54) is 0 Å². The van der Waals surface area contributed by atoms with E-state index >= 15 is 0 Å². The standard InChI is InChI=1S/C28H39N3O5/c1-7-13-31-16-19(2)26(35-6)17-30(4)28(33)24-12-11-22(15-25(24)36-18-20(31)3)29-27(32)21-9-8-10-23(14-21)34-5/h8-12,14-15,19-20,26H,7,13,16-18H2,1-6H3,(H,29,32)/t19-,20-,26+/m1/s1. The summed E-state index contributed by atoms with van der Waals surface area (Å²) in [5, 5.41) is 2.90. The quantitative estimate of drug-likeness (QED) is 0.646. The Morgan fingerprint density at radius 1 is 1.14 bits per heavy atom. The van der Waals surface area contributed by atoms with Gasteiger partial charge in [-0.1, -0.05) is 19.9 Å². The number of likely N-dealkylation sites (N-methyl/N-ethyl adjacent to an activating group) is 1. The molecule has 1 aliphatic heterocycles. The summed E-state index contributed by atoms with van der Waals surface area (Å²) in [5.41, 5.74) is 1.47. The molecule has 0 aromatic heterocycles. The lowest BCUT2D eigenvalue weighted by atomic mass is 10.0. The first-order valence-electron chi connectivity index (χ1n) is 12.5. The molecule has 2 aromatic rings. The second-order valence-corrected chi connectivity index (χ2v) is 9.49. The number of nitrogens with zero attached hydrogens (tertiary/aromatic N) is 2. The molecule has 36 heavy (non-hydrogen) atoms. The average Bonchev–Trinajstić information content (AvgIpc) is 2.89. The molecule has 0 fully saturated rings. The summed E-state index contributed by atoms with van der Waals surface area (Å²) >= 11 is 0. The van der Waals surface area contributed by atoms with Crippen LogP contribution in [0.15, 0.2) is 42.5 Å². The summed E-state index contributed by atoms with van der Waals surface area (Å²) in [6.45, 7) is 9.16. The Morgan fingerprint density at radius 2 is 1.92 bits per heavy atom. The molecule has 0 radical (unpaired) electrons. The van der Waals surface area contributed by atoms with Crippen LogP contribution in [0.4, 0.5) is 5.69 Å². The van der Waals surface area contributed by atoms with Crippen LogP contribution in [0.2, 0.25) is 0 Å². The van der Waals surface area contributed by atoms with Crippen LogP contribution < -0.4 is 14.8 Å². The molecule has 0 saturated carbocycles. The first-order chi connectivity index (χ1) is 17.3. The molecule has 3 atom stereocenters. The average molecular weight is 498 g/mol. The zero-order valence-electron chi connectivity index (χ0n) is 22.2. The predicted molar refractivity (Wildman–Crippen MR) is 141 cm³/mol. The van der Waals surface area contributed by atoms with Gasteiger partial charge < -0.3 is 24.4 Å². The highest BCUT2D eigenvalue weighted by Gasteiger charge is 2.28. The fraction of sp³-hybridized carbons (Fsp3) is 0.500. The van der Waals surface area contributed by atoms with Crippen molar-refractivity contribution in [3.8, 4) is 11.5 Å². The summed E-state index contributed by atoms with van der Waals surface area (Å²) in [5.74, 6) is 0.869. The highest BCUT2D eigenvalue weighted by Crippen LogP contribution is 2.27. The molecule has 2 aromatic carbocycles. The molecule has 1 heterocycles. The lowest BCUT2D eigenvalue weighted by Gasteiger charge is -2.35. The van der Waals surface area contributed by atoms with Crippen LogP contribution in [-0.4, -0.2) is 81.3 Å². The third-order valence-corrected chi connectivity index (χ3v) is 6.68. The first-order valence-corrected chi connectivity index (χ1v) is 12.5. The molecule has 0 unspecified atom stereocenters. The third kappa shape index (κ3) is 6.77. The monoisotopic (exact) mass is 497 g/mol. The molecular weight excluding hydrogens is 458 g/mol. The van der Waals surface area contributed by atoms with Gasteiger partial charge in [0.2, 0.25) is 0 Å². The second kappa shape index (κ2) is 12.7. The van der Waals surface area contributed by atoms with Crippen molar-refractivity contribution in [3.63, 3.8) is 0 Å². The Morgan fingerprint density at radius 3 is 2.61 bits per heavy atom. The van der Waals surface area contributed by atoms with E-state index in [1.54, 1.807) is 68.6 Å². The number of methoxy groups -OCH3 is 2. The summed E-state index contributed by atoms with van der Waals surface area (Å²) in [6, 6.07) is 12.2. The van der Waals surface area contributed by atoms with Crippen LogP contribution in [-0.2, 0) is 4.74 Å². The highest BCUT2D eigenvalue weighted by molar-refractivity contribution is 6.05. The van der Waals surface area contributed by atoms with Gasteiger partial charge in [0.25, 0.3) is 11.8 Å². The number of anilines is 1. The zero-order valence-corrected chi connectivity index (χ0v) is 22.2. The summed E-state index contributed by atoms with van der Waals surface area (Å²) in [4.78, 5) is 30.3. The van der Waals surface area contributed by atoms with Gasteiger partial charge in [-0.15, -0.1) is 0 Å². The Bertz CT molecular complexity index is 1040. The number of ether oxygens (including phenoxy) is 3. The molecule has 0 saturated heterocycles. The minimum Gasteiger partial charge on any atom is -0.497 e. The van der Waals surface area contributed by atoms with Crippen molar-refractivity contribution in [1.82, 2.24) is 9.80 Å². The number of hydrogen-bond acceptors (Lipinski definition) is 6. The maximum atomic E-state index is 13.4. The third-order valence-electron chi connectivity index (χ3n) is 6.68. The van der Waals surface area contributed by atoms with Crippen molar-refractivity contribution in [2.45, 2.75) is 39.3 Å². The molecule has 2 amide bonds. The van der Waals surface area contributed by atoms with Gasteiger partial charge in [-0.25, -0.2) is 0 Å². The minimum atomic E-state index is -0.273. The Balaban J connectivity index is 1.91. The van der Waals surface area contributed by atoms with Crippen LogP contribution in [0.1, 0.15) is 47.9 Å². The van der Waals surface area contributed by atoms with E-state index in [9.17, 15) is 9.59 Å². The largest absolute Gasteiger partial charge is 0.497 e. The van der Waals surface area contributed by atoms with Gasteiger partial charge in [0.15, 0.2) is 0 Å². The second-order valence-electron chi connectivity index (χ2n) is 9.49. The molecular formula is C28H39N3O5. The number of benzene rings is 2. The molecule has 0 aliphatic carbocycles. The van der Waals surface area contributed by atoms with Gasteiger partial charge in [-0.05, 0) is 56.1 Å². The van der Waals surface area contributed by atoms with Crippen molar-refractivity contribution in [2.75, 3.05) is 52.8 Å². The van der Waals surface area contributed by atoms with E-state index in [2.05, 4.69) is 31.0 Å². The normalized spacial score (nSPS) is 21.6. The molecule has 0 bridgehead atoms. The number of carbonyl (C=O) groups is 2. The number of fused-ring (bicyclic) bond motifs is 1. The molecule has 0 spiro atoms. The Labute approximate surface area is 214 Å². The van der Waals surface area contributed by atoms with Gasteiger partial charge in [0.1, 0.15) is 18.1 Å². The highest BCUT2D eigenvalue weighted by atomic mass is 16.5. The lowest BCUT2D eigenvalue weighted by Crippen LogP contribution is -2.46. The number of amides is 2. The SMILES string of the molecule is CCCN1C[C@@H](C)[C@@H](OC)CN(C)C(=O)c2ccc(NC(=O)c3cccc(OC)c3)cc2OC[C@H]1C.